The van der Waals surface area contributed by atoms with Crippen molar-refractivity contribution in [3.8, 4) is 0 Å². The molecular formula is C12H14F2N2O. The molecule has 2 rings (SSSR count). The van der Waals surface area contributed by atoms with Crippen molar-refractivity contribution in [1.82, 2.24) is 9.88 Å². The summed E-state index contributed by atoms with van der Waals surface area (Å²) in [6.45, 7) is 5.23. The van der Waals surface area contributed by atoms with Gasteiger partial charge in [-0.3, -0.25) is 4.79 Å². The predicted octanol–water partition coefficient (Wildman–Crippen LogP) is 2.23. The molecule has 1 saturated heterocycles. The Hall–Kier alpha value is -1.52. The summed E-state index contributed by atoms with van der Waals surface area (Å²) in [7, 11) is 0. The van der Waals surface area contributed by atoms with Crippen LogP contribution in [0.2, 0.25) is 0 Å². The van der Waals surface area contributed by atoms with Crippen molar-refractivity contribution in [3.05, 3.63) is 29.6 Å². The van der Waals surface area contributed by atoms with Crippen LogP contribution in [-0.2, 0) is 0 Å². The van der Waals surface area contributed by atoms with E-state index in [1.165, 1.54) is 6.07 Å². The van der Waals surface area contributed by atoms with Gasteiger partial charge in [-0.1, -0.05) is 13.8 Å². The number of aromatic nitrogens is 1. The molecule has 0 saturated carbocycles. The minimum Gasteiger partial charge on any atom is -0.338 e. The van der Waals surface area contributed by atoms with Gasteiger partial charge < -0.3 is 4.90 Å². The molecular weight excluding hydrogens is 226 g/mol. The van der Waals surface area contributed by atoms with Gasteiger partial charge in [-0.25, -0.2) is 9.37 Å². The summed E-state index contributed by atoms with van der Waals surface area (Å²) in [6.07, 6.45) is 1.97. The molecule has 0 unspecified atom stereocenters. The molecule has 1 aromatic heterocycles. The van der Waals surface area contributed by atoms with Gasteiger partial charge in [-0.15, -0.1) is 0 Å². The first-order valence-corrected chi connectivity index (χ1v) is 5.50. The minimum absolute atomic E-state index is 0.0394. The number of rotatable bonds is 1. The van der Waals surface area contributed by atoms with Crippen LogP contribution in [0.4, 0.5) is 8.78 Å². The van der Waals surface area contributed by atoms with Gasteiger partial charge in [-0.05, 0) is 17.9 Å². The standard InChI is InChI=1S/C12H14F2N2O/c1-12(2)4-6-16(7-12)11(17)8-3-5-15-10(14)9(8)13/h3,5H,4,6-7H2,1-2H3. The number of hydrogen-bond acceptors (Lipinski definition) is 2. The van der Waals surface area contributed by atoms with Crippen molar-refractivity contribution < 1.29 is 13.6 Å². The van der Waals surface area contributed by atoms with Gasteiger partial charge in [0.1, 0.15) is 0 Å². The molecule has 0 aromatic carbocycles. The summed E-state index contributed by atoms with van der Waals surface area (Å²) in [5.41, 5.74) is -0.201. The highest BCUT2D eigenvalue weighted by molar-refractivity contribution is 5.94. The van der Waals surface area contributed by atoms with Gasteiger partial charge in [0.25, 0.3) is 5.91 Å². The smallest absolute Gasteiger partial charge is 0.257 e. The summed E-state index contributed by atoms with van der Waals surface area (Å²) in [5, 5.41) is 0. The third kappa shape index (κ3) is 2.28. The maximum absolute atomic E-state index is 13.4. The highest BCUT2D eigenvalue weighted by atomic mass is 19.2. The second-order valence-corrected chi connectivity index (χ2v) is 5.10. The van der Waals surface area contributed by atoms with Crippen LogP contribution in [0.15, 0.2) is 12.3 Å². The second-order valence-electron chi connectivity index (χ2n) is 5.10. The zero-order chi connectivity index (χ0) is 12.6. The van der Waals surface area contributed by atoms with Crippen LogP contribution < -0.4 is 0 Å². The van der Waals surface area contributed by atoms with Crippen molar-refractivity contribution in [2.24, 2.45) is 5.41 Å². The Morgan fingerprint density at radius 2 is 2.18 bits per heavy atom. The minimum atomic E-state index is -1.23. The lowest BCUT2D eigenvalue weighted by Crippen LogP contribution is -2.31. The van der Waals surface area contributed by atoms with Crippen molar-refractivity contribution in [1.29, 1.82) is 0 Å². The summed E-state index contributed by atoms with van der Waals surface area (Å²) in [6, 6.07) is 1.21. The number of carbonyl (C=O) groups excluding carboxylic acids is 1. The van der Waals surface area contributed by atoms with E-state index < -0.39 is 17.7 Å². The zero-order valence-corrected chi connectivity index (χ0v) is 9.83. The third-order valence-electron chi connectivity index (χ3n) is 3.04. The SMILES string of the molecule is CC1(C)CCN(C(=O)c2ccnc(F)c2F)C1. The number of amides is 1. The number of hydrogen-bond donors (Lipinski definition) is 0. The molecule has 0 aliphatic carbocycles. The van der Waals surface area contributed by atoms with Gasteiger partial charge >= 0.3 is 0 Å². The molecule has 2 heterocycles. The molecule has 92 valence electrons. The maximum atomic E-state index is 13.4. The highest BCUT2D eigenvalue weighted by Gasteiger charge is 2.33. The number of carbonyl (C=O) groups is 1. The third-order valence-corrected chi connectivity index (χ3v) is 3.04. The summed E-state index contributed by atoms with van der Waals surface area (Å²) in [4.78, 5) is 16.7. The van der Waals surface area contributed by atoms with Gasteiger partial charge in [0.2, 0.25) is 5.95 Å². The molecule has 3 nitrogen and oxygen atoms in total. The van der Waals surface area contributed by atoms with Crippen LogP contribution in [0.3, 0.4) is 0 Å². The van der Waals surface area contributed by atoms with E-state index in [1.807, 2.05) is 13.8 Å². The molecule has 0 atom stereocenters. The first kappa shape index (κ1) is 12.0. The Kier molecular flexibility index (Phi) is 2.85. The lowest BCUT2D eigenvalue weighted by Gasteiger charge is -2.20. The molecule has 1 aliphatic heterocycles. The van der Waals surface area contributed by atoms with E-state index in [1.54, 1.807) is 4.90 Å². The van der Waals surface area contributed by atoms with E-state index in [-0.39, 0.29) is 11.0 Å². The van der Waals surface area contributed by atoms with Crippen LogP contribution in [-0.4, -0.2) is 28.9 Å². The lowest BCUT2D eigenvalue weighted by atomic mass is 9.93. The van der Waals surface area contributed by atoms with Crippen molar-refractivity contribution >= 4 is 5.91 Å². The zero-order valence-electron chi connectivity index (χ0n) is 9.83. The van der Waals surface area contributed by atoms with E-state index in [0.717, 1.165) is 12.6 Å². The Morgan fingerprint density at radius 1 is 1.47 bits per heavy atom. The molecule has 1 aliphatic rings. The van der Waals surface area contributed by atoms with Crippen LogP contribution in [0.1, 0.15) is 30.6 Å². The summed E-state index contributed by atoms with van der Waals surface area (Å²) >= 11 is 0. The topological polar surface area (TPSA) is 33.2 Å². The van der Waals surface area contributed by atoms with E-state index >= 15 is 0 Å². The lowest BCUT2D eigenvalue weighted by molar-refractivity contribution is 0.0772. The molecule has 1 aromatic rings. The average Bonchev–Trinajstić information content (AvgIpc) is 2.62. The van der Waals surface area contributed by atoms with E-state index in [0.29, 0.717) is 13.1 Å². The summed E-state index contributed by atoms with van der Waals surface area (Å²) < 4.78 is 26.3. The normalized spacial score (nSPS) is 18.5. The van der Waals surface area contributed by atoms with Gasteiger partial charge in [-0.2, -0.15) is 4.39 Å². The monoisotopic (exact) mass is 240 g/mol. The quantitative estimate of drug-likeness (QED) is 0.705. The van der Waals surface area contributed by atoms with Crippen molar-refractivity contribution in [2.45, 2.75) is 20.3 Å². The largest absolute Gasteiger partial charge is 0.338 e. The van der Waals surface area contributed by atoms with E-state index in [4.69, 9.17) is 0 Å². The maximum Gasteiger partial charge on any atom is 0.257 e. The molecule has 0 radical (unpaired) electrons. The van der Waals surface area contributed by atoms with Crippen molar-refractivity contribution in [3.63, 3.8) is 0 Å². The van der Waals surface area contributed by atoms with Gasteiger partial charge in [0, 0.05) is 19.3 Å². The van der Waals surface area contributed by atoms with E-state index in [9.17, 15) is 13.6 Å². The Bertz CT molecular complexity index is 460. The summed E-state index contributed by atoms with van der Waals surface area (Å²) in [5.74, 6) is -2.86. The predicted molar refractivity (Wildman–Crippen MR) is 58.5 cm³/mol. The van der Waals surface area contributed by atoms with Crippen LogP contribution >= 0.6 is 0 Å². The van der Waals surface area contributed by atoms with E-state index in [2.05, 4.69) is 4.98 Å². The van der Waals surface area contributed by atoms with Crippen LogP contribution in [0, 0.1) is 17.2 Å². The first-order valence-electron chi connectivity index (χ1n) is 5.50. The molecule has 5 heteroatoms. The first-order chi connectivity index (χ1) is 7.91. The fourth-order valence-electron chi connectivity index (χ4n) is 2.04. The molecule has 0 N–H and O–H groups in total. The number of pyridine rings is 1. The molecule has 17 heavy (non-hydrogen) atoms. The van der Waals surface area contributed by atoms with Gasteiger partial charge in [0.15, 0.2) is 5.82 Å². The average molecular weight is 240 g/mol. The number of likely N-dealkylation sites (tertiary alicyclic amines) is 1. The second kappa shape index (κ2) is 4.05. The fraction of sp³-hybridized carbons (Fsp3) is 0.500. The van der Waals surface area contributed by atoms with Crippen LogP contribution in [0.5, 0.6) is 0 Å². The molecule has 1 amide bonds. The molecule has 1 fully saturated rings. The Balaban J connectivity index is 2.24. The van der Waals surface area contributed by atoms with Gasteiger partial charge in [0.05, 0.1) is 5.56 Å². The fourth-order valence-corrected chi connectivity index (χ4v) is 2.04. The van der Waals surface area contributed by atoms with Crippen molar-refractivity contribution in [2.75, 3.05) is 13.1 Å². The Morgan fingerprint density at radius 3 is 2.76 bits per heavy atom. The molecule has 0 spiro atoms. The number of halogens is 2. The molecule has 0 bridgehead atoms. The Labute approximate surface area is 98.5 Å². The highest BCUT2D eigenvalue weighted by Crippen LogP contribution is 2.30. The number of nitrogens with zero attached hydrogens (tertiary/aromatic N) is 2. The van der Waals surface area contributed by atoms with Crippen LogP contribution in [0.25, 0.3) is 0 Å².